The van der Waals surface area contributed by atoms with Gasteiger partial charge >= 0.3 is 0 Å². The highest BCUT2D eigenvalue weighted by Crippen LogP contribution is 2.39. The highest BCUT2D eigenvalue weighted by atomic mass is 16.3. The maximum atomic E-state index is 13.4. The van der Waals surface area contributed by atoms with Crippen LogP contribution in [-0.4, -0.2) is 45.1 Å². The molecular formula is C26H28N4O2. The largest absolute Gasteiger partial charge is 0.391 e. The van der Waals surface area contributed by atoms with Gasteiger partial charge in [0, 0.05) is 40.6 Å². The summed E-state index contributed by atoms with van der Waals surface area (Å²) in [5, 5.41) is 28.5. The number of Topliss-reactive ketones (excluding diaryl/α,β-unsaturated/α-hetero) is 1. The van der Waals surface area contributed by atoms with Crippen molar-refractivity contribution in [2.45, 2.75) is 63.6 Å². The average Bonchev–Trinajstić information content (AvgIpc) is 3.40. The van der Waals surface area contributed by atoms with E-state index in [4.69, 9.17) is 10.5 Å². The van der Waals surface area contributed by atoms with E-state index in [-0.39, 0.29) is 23.8 Å². The number of nitriles is 2. The summed E-state index contributed by atoms with van der Waals surface area (Å²) in [5.41, 5.74) is 4.29. The first-order valence-electron chi connectivity index (χ1n) is 11.6. The van der Waals surface area contributed by atoms with E-state index in [1.807, 2.05) is 25.1 Å². The van der Waals surface area contributed by atoms with Gasteiger partial charge in [-0.15, -0.1) is 0 Å². The van der Waals surface area contributed by atoms with Crippen LogP contribution in [0.3, 0.4) is 0 Å². The number of benzene rings is 1. The van der Waals surface area contributed by atoms with Crippen molar-refractivity contribution in [1.82, 2.24) is 9.47 Å². The quantitative estimate of drug-likeness (QED) is 0.711. The van der Waals surface area contributed by atoms with Crippen LogP contribution in [0.2, 0.25) is 0 Å². The fraction of sp³-hybridized carbons (Fsp3) is 0.500. The lowest BCUT2D eigenvalue weighted by atomic mass is 9.73. The molecule has 3 heterocycles. The zero-order valence-corrected chi connectivity index (χ0v) is 18.4. The zero-order chi connectivity index (χ0) is 22.4. The summed E-state index contributed by atoms with van der Waals surface area (Å²) >= 11 is 0. The summed E-state index contributed by atoms with van der Waals surface area (Å²) < 4.78 is 2.14. The molecule has 0 amide bonds. The fourth-order valence-electron chi connectivity index (χ4n) is 6.02. The Morgan fingerprint density at radius 2 is 1.91 bits per heavy atom. The standard InChI is InChI=1S/C26H28N4O2/c1-16-23(26(32)15-29-21-6-7-24(29)25(31)12-21)11-22(10-18-8-19(9-18)14-28)30(16)20-4-2-17(13-27)3-5-20/h2-5,11,18-19,21,24-25,31H,6-10,12,15H2,1H3/t18?,19?,21?,24?,25-/m1/s1. The van der Waals surface area contributed by atoms with E-state index >= 15 is 0 Å². The molecule has 6 nitrogen and oxygen atoms in total. The minimum atomic E-state index is -0.312. The first-order chi connectivity index (χ1) is 15.5. The third-order valence-corrected chi connectivity index (χ3v) is 7.77. The molecule has 0 spiro atoms. The number of carbonyl (C=O) groups is 1. The van der Waals surface area contributed by atoms with Gasteiger partial charge in [0.05, 0.1) is 30.4 Å². The smallest absolute Gasteiger partial charge is 0.178 e. The second-order valence-corrected chi connectivity index (χ2v) is 9.69. The van der Waals surface area contributed by atoms with Gasteiger partial charge in [0.15, 0.2) is 5.78 Å². The van der Waals surface area contributed by atoms with Crippen molar-refractivity contribution in [2.24, 2.45) is 11.8 Å². The summed E-state index contributed by atoms with van der Waals surface area (Å²) in [5.74, 6) is 0.710. The van der Waals surface area contributed by atoms with Crippen molar-refractivity contribution >= 4 is 5.78 Å². The molecule has 1 aromatic heterocycles. The summed E-state index contributed by atoms with van der Waals surface area (Å²) in [7, 11) is 0. The number of rotatable bonds is 6. The molecule has 3 aliphatic rings. The van der Waals surface area contributed by atoms with Gasteiger partial charge in [0.1, 0.15) is 0 Å². The van der Waals surface area contributed by atoms with Crippen LogP contribution < -0.4 is 0 Å². The van der Waals surface area contributed by atoms with Gasteiger partial charge in [0.25, 0.3) is 0 Å². The lowest BCUT2D eigenvalue weighted by Crippen LogP contribution is -2.36. The van der Waals surface area contributed by atoms with Crippen molar-refractivity contribution in [3.8, 4) is 17.8 Å². The molecule has 3 fully saturated rings. The van der Waals surface area contributed by atoms with Crippen LogP contribution in [0.4, 0.5) is 0 Å². The van der Waals surface area contributed by atoms with E-state index in [2.05, 4.69) is 21.6 Å². The van der Waals surface area contributed by atoms with Gasteiger partial charge in [0.2, 0.25) is 0 Å². The van der Waals surface area contributed by atoms with Crippen LogP contribution in [0, 0.1) is 41.4 Å². The number of fused-ring (bicyclic) bond motifs is 2. The normalized spacial score (nSPS) is 28.8. The maximum absolute atomic E-state index is 13.4. The third kappa shape index (κ3) is 3.54. The van der Waals surface area contributed by atoms with E-state index in [9.17, 15) is 9.90 Å². The topological polar surface area (TPSA) is 93.1 Å². The highest BCUT2D eigenvalue weighted by Gasteiger charge is 2.46. The van der Waals surface area contributed by atoms with Crippen LogP contribution in [0.1, 0.15) is 59.4 Å². The number of aliphatic hydroxyl groups is 1. The van der Waals surface area contributed by atoms with Crippen LogP contribution in [0.25, 0.3) is 5.69 Å². The first-order valence-corrected chi connectivity index (χ1v) is 11.6. The molecule has 2 bridgehead atoms. The molecule has 2 unspecified atom stereocenters. The van der Waals surface area contributed by atoms with Gasteiger partial charge in [-0.25, -0.2) is 0 Å². The lowest BCUT2D eigenvalue weighted by molar-refractivity contribution is 0.0873. The monoisotopic (exact) mass is 428 g/mol. The van der Waals surface area contributed by atoms with Crippen molar-refractivity contribution in [2.75, 3.05) is 6.54 Å². The predicted molar refractivity (Wildman–Crippen MR) is 119 cm³/mol. The molecule has 1 aromatic carbocycles. The van der Waals surface area contributed by atoms with Gasteiger partial charge in [-0.2, -0.15) is 10.5 Å². The first kappa shape index (κ1) is 20.9. The minimum absolute atomic E-state index is 0.102. The Bertz CT molecular complexity index is 1110. The second kappa shape index (κ2) is 8.20. The molecule has 2 saturated heterocycles. The molecule has 5 rings (SSSR count). The average molecular weight is 429 g/mol. The van der Waals surface area contributed by atoms with E-state index < -0.39 is 0 Å². The molecule has 1 saturated carbocycles. The molecule has 2 aliphatic heterocycles. The van der Waals surface area contributed by atoms with Crippen molar-refractivity contribution in [3.63, 3.8) is 0 Å². The molecule has 164 valence electrons. The van der Waals surface area contributed by atoms with Crippen LogP contribution in [0.5, 0.6) is 0 Å². The molecule has 6 heteroatoms. The Morgan fingerprint density at radius 3 is 2.50 bits per heavy atom. The van der Waals surface area contributed by atoms with E-state index in [0.29, 0.717) is 24.1 Å². The van der Waals surface area contributed by atoms with Crippen molar-refractivity contribution in [3.05, 3.63) is 52.8 Å². The second-order valence-electron chi connectivity index (χ2n) is 9.69. The Kier molecular flexibility index (Phi) is 5.37. The number of hydrogen-bond acceptors (Lipinski definition) is 5. The Hall–Kier alpha value is -2.93. The van der Waals surface area contributed by atoms with Gasteiger partial charge in [-0.1, -0.05) is 0 Å². The summed E-state index contributed by atoms with van der Waals surface area (Å²) in [6, 6.07) is 14.4. The molecular weight excluding hydrogens is 400 g/mol. The predicted octanol–water partition coefficient (Wildman–Crippen LogP) is 3.53. The maximum Gasteiger partial charge on any atom is 0.178 e. The lowest BCUT2D eigenvalue weighted by Gasteiger charge is -2.31. The van der Waals surface area contributed by atoms with E-state index in [1.54, 1.807) is 12.1 Å². The molecule has 32 heavy (non-hydrogen) atoms. The van der Waals surface area contributed by atoms with Gasteiger partial charge in [-0.3, -0.25) is 9.69 Å². The van der Waals surface area contributed by atoms with Gasteiger partial charge in [-0.05, 0) is 81.7 Å². The Morgan fingerprint density at radius 1 is 1.16 bits per heavy atom. The fourth-order valence-corrected chi connectivity index (χ4v) is 6.02. The summed E-state index contributed by atoms with van der Waals surface area (Å²) in [4.78, 5) is 15.6. The molecule has 1 aliphatic carbocycles. The summed E-state index contributed by atoms with van der Waals surface area (Å²) in [6.45, 7) is 2.34. The van der Waals surface area contributed by atoms with Gasteiger partial charge < -0.3 is 9.67 Å². The van der Waals surface area contributed by atoms with Crippen LogP contribution in [-0.2, 0) is 6.42 Å². The number of nitrogens with zero attached hydrogens (tertiary/aromatic N) is 4. The van der Waals surface area contributed by atoms with Crippen LogP contribution in [0.15, 0.2) is 30.3 Å². The summed E-state index contributed by atoms with van der Waals surface area (Å²) in [6.07, 6.45) is 5.15. The number of hydrogen-bond donors (Lipinski definition) is 1. The molecule has 2 aromatic rings. The molecule has 3 atom stereocenters. The highest BCUT2D eigenvalue weighted by molar-refractivity contribution is 5.99. The molecule has 0 radical (unpaired) electrons. The number of aromatic nitrogens is 1. The third-order valence-electron chi connectivity index (χ3n) is 7.77. The zero-order valence-electron chi connectivity index (χ0n) is 18.4. The Labute approximate surface area is 188 Å². The Balaban J connectivity index is 1.44. The number of ketones is 1. The van der Waals surface area contributed by atoms with E-state index in [0.717, 1.165) is 61.2 Å². The minimum Gasteiger partial charge on any atom is -0.391 e. The van der Waals surface area contributed by atoms with Crippen molar-refractivity contribution in [1.29, 1.82) is 10.5 Å². The van der Waals surface area contributed by atoms with Crippen molar-refractivity contribution < 1.29 is 9.90 Å². The molecule has 1 N–H and O–H groups in total. The van der Waals surface area contributed by atoms with E-state index in [1.165, 1.54) is 0 Å². The number of aliphatic hydroxyl groups excluding tert-OH is 1. The van der Waals surface area contributed by atoms with Crippen LogP contribution >= 0.6 is 0 Å². The SMILES string of the molecule is Cc1c(C(=O)CN2C3CCC2[C@H](O)C3)cc(CC2CC(C#N)C2)n1-c1ccc(C#N)cc1. The number of carbonyl (C=O) groups excluding carboxylic acids is 1.